The number of aromatic nitrogens is 2. The van der Waals surface area contributed by atoms with E-state index >= 15 is 0 Å². The number of rotatable bonds is 1. The van der Waals surface area contributed by atoms with Crippen LogP contribution in [0.15, 0.2) is 15.8 Å². The lowest BCUT2D eigenvalue weighted by Crippen LogP contribution is -2.49. The van der Waals surface area contributed by atoms with E-state index in [-0.39, 0.29) is 11.5 Å². The fourth-order valence-corrected chi connectivity index (χ4v) is 2.13. The Balaban J connectivity index is 2.35. The van der Waals surface area contributed by atoms with Crippen molar-refractivity contribution in [1.29, 1.82) is 0 Å². The van der Waals surface area contributed by atoms with Crippen molar-refractivity contribution in [2.45, 2.75) is 0 Å². The van der Waals surface area contributed by atoms with Crippen LogP contribution in [0.2, 0.25) is 0 Å². The number of amides is 1. The number of hydrogen-bond acceptors (Lipinski definition) is 4. The summed E-state index contributed by atoms with van der Waals surface area (Å²) in [6.45, 7) is 2.78. The molecule has 0 radical (unpaired) electrons. The average Bonchev–Trinajstić information content (AvgIpc) is 2.40. The molecular weight excluding hydrogens is 248 g/mol. The molecule has 7 nitrogen and oxygen atoms in total. The third-order valence-electron chi connectivity index (χ3n) is 3.47. The van der Waals surface area contributed by atoms with Crippen LogP contribution in [-0.4, -0.2) is 58.1 Å². The van der Waals surface area contributed by atoms with Gasteiger partial charge in [0.05, 0.1) is 0 Å². The van der Waals surface area contributed by atoms with Crippen molar-refractivity contribution in [2.24, 2.45) is 14.1 Å². The van der Waals surface area contributed by atoms with E-state index in [9.17, 15) is 14.4 Å². The zero-order chi connectivity index (χ0) is 14.2. The summed E-state index contributed by atoms with van der Waals surface area (Å²) < 4.78 is 2.22. The van der Waals surface area contributed by atoms with Gasteiger partial charge in [-0.05, 0) is 7.05 Å². The van der Waals surface area contributed by atoms with E-state index in [0.717, 1.165) is 17.7 Å². The first-order valence-electron chi connectivity index (χ1n) is 6.16. The monoisotopic (exact) mass is 266 g/mol. The van der Waals surface area contributed by atoms with Crippen molar-refractivity contribution in [2.75, 3.05) is 33.2 Å². The summed E-state index contributed by atoms with van der Waals surface area (Å²) >= 11 is 0. The molecule has 0 spiro atoms. The quantitative estimate of drug-likeness (QED) is 0.618. The molecule has 1 saturated heterocycles. The highest BCUT2D eigenvalue weighted by Crippen LogP contribution is 2.04. The van der Waals surface area contributed by atoms with Crippen LogP contribution in [-0.2, 0) is 14.1 Å². The van der Waals surface area contributed by atoms with Crippen LogP contribution < -0.4 is 11.2 Å². The Morgan fingerprint density at radius 2 is 1.63 bits per heavy atom. The van der Waals surface area contributed by atoms with Gasteiger partial charge in [-0.1, -0.05) is 0 Å². The molecule has 0 aliphatic carbocycles. The first-order valence-corrected chi connectivity index (χ1v) is 6.16. The molecule has 0 bridgehead atoms. The van der Waals surface area contributed by atoms with Crippen LogP contribution in [0, 0.1) is 0 Å². The number of aryl methyl sites for hydroxylation is 1. The molecule has 1 aliphatic rings. The number of carbonyl (C=O) groups excluding carboxylic acids is 1. The van der Waals surface area contributed by atoms with Crippen LogP contribution >= 0.6 is 0 Å². The molecule has 0 aromatic carbocycles. The smallest absolute Gasteiger partial charge is 0.330 e. The lowest BCUT2D eigenvalue weighted by molar-refractivity contribution is 0.0660. The van der Waals surface area contributed by atoms with Crippen LogP contribution in [0.5, 0.6) is 0 Å². The van der Waals surface area contributed by atoms with Gasteiger partial charge in [-0.15, -0.1) is 0 Å². The number of hydrogen-bond donors (Lipinski definition) is 0. The zero-order valence-corrected chi connectivity index (χ0v) is 11.4. The third kappa shape index (κ3) is 2.46. The van der Waals surface area contributed by atoms with Gasteiger partial charge in [-0.3, -0.25) is 14.2 Å². The molecule has 0 saturated carbocycles. The van der Waals surface area contributed by atoms with E-state index in [1.165, 1.54) is 24.9 Å². The minimum absolute atomic E-state index is 0.0501. The van der Waals surface area contributed by atoms with Crippen LogP contribution in [0.3, 0.4) is 0 Å². The van der Waals surface area contributed by atoms with E-state index in [1.807, 2.05) is 7.05 Å². The zero-order valence-electron chi connectivity index (χ0n) is 11.4. The minimum atomic E-state index is -0.535. The Kier molecular flexibility index (Phi) is 3.57. The van der Waals surface area contributed by atoms with E-state index in [2.05, 4.69) is 4.90 Å². The van der Waals surface area contributed by atoms with Gasteiger partial charge in [0.1, 0.15) is 5.56 Å². The molecule has 1 fully saturated rings. The van der Waals surface area contributed by atoms with Crippen LogP contribution in [0.25, 0.3) is 0 Å². The molecule has 0 unspecified atom stereocenters. The normalized spacial score (nSPS) is 16.7. The van der Waals surface area contributed by atoms with Crippen molar-refractivity contribution < 1.29 is 4.79 Å². The molecule has 1 aliphatic heterocycles. The fourth-order valence-electron chi connectivity index (χ4n) is 2.13. The first kappa shape index (κ1) is 13.5. The van der Waals surface area contributed by atoms with Crippen molar-refractivity contribution in [3.8, 4) is 0 Å². The van der Waals surface area contributed by atoms with Gasteiger partial charge < -0.3 is 14.4 Å². The minimum Gasteiger partial charge on any atom is -0.336 e. The molecule has 104 valence electrons. The summed E-state index contributed by atoms with van der Waals surface area (Å²) in [5, 5.41) is 0. The standard InChI is InChI=1S/C12H18N4O3/c1-13-4-6-16(7-5-13)11(18)9-8-14(2)12(19)15(3)10(9)17/h8H,4-7H2,1-3H3. The Morgan fingerprint density at radius 3 is 2.21 bits per heavy atom. The van der Waals surface area contributed by atoms with E-state index in [4.69, 9.17) is 0 Å². The second kappa shape index (κ2) is 5.00. The summed E-state index contributed by atoms with van der Waals surface area (Å²) in [7, 11) is 4.90. The Hall–Kier alpha value is -1.89. The maximum Gasteiger partial charge on any atom is 0.330 e. The molecule has 0 atom stereocenters. The molecule has 7 heteroatoms. The highest BCUT2D eigenvalue weighted by Gasteiger charge is 2.23. The van der Waals surface area contributed by atoms with Crippen LogP contribution in [0.1, 0.15) is 10.4 Å². The summed E-state index contributed by atoms with van der Waals surface area (Å²) in [5.41, 5.74) is -0.916. The highest BCUT2D eigenvalue weighted by atomic mass is 16.2. The maximum absolute atomic E-state index is 12.3. The van der Waals surface area contributed by atoms with Crippen molar-refractivity contribution >= 4 is 5.91 Å². The number of piperazine rings is 1. The van der Waals surface area contributed by atoms with Gasteiger partial charge in [0.15, 0.2) is 0 Å². The second-order valence-electron chi connectivity index (χ2n) is 4.90. The molecule has 19 heavy (non-hydrogen) atoms. The fraction of sp³-hybridized carbons (Fsp3) is 0.583. The van der Waals surface area contributed by atoms with Crippen molar-refractivity contribution in [3.05, 3.63) is 32.6 Å². The van der Waals surface area contributed by atoms with Gasteiger partial charge in [0, 0.05) is 46.5 Å². The van der Waals surface area contributed by atoms with E-state index in [0.29, 0.717) is 13.1 Å². The average molecular weight is 266 g/mol. The largest absolute Gasteiger partial charge is 0.336 e. The molecule has 2 heterocycles. The van der Waals surface area contributed by atoms with Crippen molar-refractivity contribution in [3.63, 3.8) is 0 Å². The highest BCUT2D eigenvalue weighted by molar-refractivity contribution is 5.93. The summed E-state index contributed by atoms with van der Waals surface area (Å²) in [6, 6.07) is 0. The number of likely N-dealkylation sites (N-methyl/N-ethyl adjacent to an activating group) is 1. The molecule has 1 aromatic rings. The lowest BCUT2D eigenvalue weighted by atomic mass is 10.2. The first-order chi connectivity index (χ1) is 8.91. The molecular formula is C12H18N4O3. The molecule has 2 rings (SSSR count). The molecule has 0 N–H and O–H groups in total. The van der Waals surface area contributed by atoms with Crippen molar-refractivity contribution in [1.82, 2.24) is 18.9 Å². The van der Waals surface area contributed by atoms with E-state index < -0.39 is 11.2 Å². The summed E-state index contributed by atoms with van der Waals surface area (Å²) in [6.07, 6.45) is 1.32. The van der Waals surface area contributed by atoms with Gasteiger partial charge >= 0.3 is 5.69 Å². The Morgan fingerprint density at radius 1 is 1.05 bits per heavy atom. The lowest BCUT2D eigenvalue weighted by Gasteiger charge is -2.32. The van der Waals surface area contributed by atoms with Gasteiger partial charge in [-0.2, -0.15) is 0 Å². The number of nitrogens with zero attached hydrogens (tertiary/aromatic N) is 4. The predicted octanol–water partition coefficient (Wildman–Crippen LogP) is -1.53. The topological polar surface area (TPSA) is 67.5 Å². The van der Waals surface area contributed by atoms with Gasteiger partial charge in [0.2, 0.25) is 0 Å². The van der Waals surface area contributed by atoms with Gasteiger partial charge in [-0.25, -0.2) is 4.79 Å². The Labute approximate surface area is 110 Å². The summed E-state index contributed by atoms with van der Waals surface area (Å²) in [5.74, 6) is -0.302. The molecule has 1 amide bonds. The third-order valence-corrected chi connectivity index (χ3v) is 3.47. The summed E-state index contributed by atoms with van der Waals surface area (Å²) in [4.78, 5) is 39.7. The Bertz CT molecular complexity index is 608. The second-order valence-corrected chi connectivity index (χ2v) is 4.90. The van der Waals surface area contributed by atoms with Gasteiger partial charge in [0.25, 0.3) is 11.5 Å². The predicted molar refractivity (Wildman–Crippen MR) is 70.3 cm³/mol. The maximum atomic E-state index is 12.3. The SMILES string of the molecule is CN1CCN(C(=O)c2cn(C)c(=O)n(C)c2=O)CC1. The van der Waals surface area contributed by atoms with Crippen LogP contribution in [0.4, 0.5) is 0 Å². The number of carbonyl (C=O) groups is 1. The molecule has 1 aromatic heterocycles. The van der Waals surface area contributed by atoms with E-state index in [1.54, 1.807) is 4.90 Å².